The summed E-state index contributed by atoms with van der Waals surface area (Å²) in [6, 6.07) is 7.15. The number of rotatable bonds is 4. The summed E-state index contributed by atoms with van der Waals surface area (Å²) < 4.78 is 0. The first kappa shape index (κ1) is 11.8. The summed E-state index contributed by atoms with van der Waals surface area (Å²) in [6.45, 7) is 0.213. The molecule has 0 spiro atoms. The number of aliphatic hydroxyl groups excluding tert-OH is 1. The molecule has 0 atom stereocenters. The van der Waals surface area contributed by atoms with Crippen molar-refractivity contribution < 1.29 is 9.90 Å². The van der Waals surface area contributed by atoms with Crippen molar-refractivity contribution in [2.24, 2.45) is 0 Å². The molecular weight excluding hydrogens is 214 g/mol. The fourth-order valence-electron chi connectivity index (χ4n) is 0.984. The molecule has 0 fully saturated rings. The van der Waals surface area contributed by atoms with E-state index in [1.54, 1.807) is 18.2 Å². The van der Waals surface area contributed by atoms with Gasteiger partial charge in [0.2, 0.25) is 5.91 Å². The molecule has 0 bridgehead atoms. The van der Waals surface area contributed by atoms with Crippen molar-refractivity contribution in [1.29, 1.82) is 0 Å². The van der Waals surface area contributed by atoms with Crippen molar-refractivity contribution in [3.05, 3.63) is 40.9 Å². The van der Waals surface area contributed by atoms with Crippen LogP contribution >= 0.6 is 11.6 Å². The molecule has 0 saturated heterocycles. The molecule has 3 nitrogen and oxygen atoms in total. The van der Waals surface area contributed by atoms with Gasteiger partial charge in [0.15, 0.2) is 0 Å². The molecule has 4 heteroatoms. The van der Waals surface area contributed by atoms with Crippen molar-refractivity contribution in [2.45, 2.75) is 0 Å². The van der Waals surface area contributed by atoms with Crippen LogP contribution in [-0.4, -0.2) is 24.2 Å². The standard InChI is InChI=1S/C11H12ClNO2/c12-10-4-1-9(2-5-10)3-6-11(15)13-7-8-14/h1-6,14H,7-8H2,(H,13,15)/b6-3-. The average Bonchev–Trinajstić information content (AvgIpc) is 2.25. The fraction of sp³-hybridized carbons (Fsp3) is 0.182. The molecule has 0 aliphatic rings. The zero-order valence-corrected chi connectivity index (χ0v) is 8.87. The predicted molar refractivity (Wildman–Crippen MR) is 60.6 cm³/mol. The third-order valence-electron chi connectivity index (χ3n) is 1.71. The number of aliphatic hydroxyl groups is 1. The average molecular weight is 226 g/mol. The van der Waals surface area contributed by atoms with Gasteiger partial charge in [0.05, 0.1) is 6.61 Å². The number of halogens is 1. The van der Waals surface area contributed by atoms with E-state index in [4.69, 9.17) is 16.7 Å². The van der Waals surface area contributed by atoms with Gasteiger partial charge in [-0.3, -0.25) is 4.79 Å². The van der Waals surface area contributed by atoms with Crippen molar-refractivity contribution in [3.8, 4) is 0 Å². The number of amides is 1. The number of nitrogens with one attached hydrogen (secondary N) is 1. The molecule has 0 unspecified atom stereocenters. The van der Waals surface area contributed by atoms with E-state index in [-0.39, 0.29) is 19.1 Å². The van der Waals surface area contributed by atoms with Gasteiger partial charge in [-0.2, -0.15) is 0 Å². The van der Waals surface area contributed by atoms with Crippen LogP contribution in [0.4, 0.5) is 0 Å². The molecule has 0 saturated carbocycles. The van der Waals surface area contributed by atoms with E-state index in [0.29, 0.717) is 5.02 Å². The van der Waals surface area contributed by atoms with E-state index in [0.717, 1.165) is 5.56 Å². The lowest BCUT2D eigenvalue weighted by Gasteiger charge is -1.97. The Morgan fingerprint density at radius 2 is 2.07 bits per heavy atom. The number of hydrogen-bond acceptors (Lipinski definition) is 2. The molecule has 1 aromatic rings. The largest absolute Gasteiger partial charge is 0.395 e. The molecule has 2 N–H and O–H groups in total. The van der Waals surface area contributed by atoms with Gasteiger partial charge in [0, 0.05) is 17.6 Å². The van der Waals surface area contributed by atoms with E-state index in [2.05, 4.69) is 5.32 Å². The van der Waals surface area contributed by atoms with Crippen LogP contribution in [0.15, 0.2) is 30.3 Å². The Hall–Kier alpha value is -1.32. The molecule has 1 amide bonds. The molecule has 0 heterocycles. The van der Waals surface area contributed by atoms with Gasteiger partial charge >= 0.3 is 0 Å². The molecular formula is C11H12ClNO2. The molecule has 1 aromatic carbocycles. The van der Waals surface area contributed by atoms with Crippen LogP contribution in [0, 0.1) is 0 Å². The van der Waals surface area contributed by atoms with Gasteiger partial charge in [0.1, 0.15) is 0 Å². The lowest BCUT2D eigenvalue weighted by atomic mass is 10.2. The predicted octanol–water partition coefficient (Wildman–Crippen LogP) is 1.46. The molecule has 0 aliphatic carbocycles. The first-order valence-electron chi connectivity index (χ1n) is 4.54. The Balaban J connectivity index is 2.50. The molecule has 0 aliphatic heterocycles. The smallest absolute Gasteiger partial charge is 0.244 e. The van der Waals surface area contributed by atoms with Crippen LogP contribution < -0.4 is 5.32 Å². The fourth-order valence-corrected chi connectivity index (χ4v) is 1.11. The van der Waals surface area contributed by atoms with Crippen molar-refractivity contribution >= 4 is 23.6 Å². The minimum atomic E-state index is -0.223. The molecule has 1 rings (SSSR count). The zero-order valence-electron chi connectivity index (χ0n) is 8.11. The number of benzene rings is 1. The highest BCUT2D eigenvalue weighted by Crippen LogP contribution is 2.10. The number of carbonyl (C=O) groups excluding carboxylic acids is 1. The van der Waals surface area contributed by atoms with E-state index in [1.807, 2.05) is 12.1 Å². The second-order valence-corrected chi connectivity index (χ2v) is 3.34. The first-order chi connectivity index (χ1) is 7.22. The van der Waals surface area contributed by atoms with Gasteiger partial charge in [-0.1, -0.05) is 23.7 Å². The minimum absolute atomic E-state index is 0.0550. The van der Waals surface area contributed by atoms with Crippen LogP contribution in [-0.2, 0) is 4.79 Å². The van der Waals surface area contributed by atoms with Crippen LogP contribution in [0.2, 0.25) is 5.02 Å². The molecule has 80 valence electrons. The maximum absolute atomic E-state index is 11.1. The molecule has 15 heavy (non-hydrogen) atoms. The van der Waals surface area contributed by atoms with E-state index in [1.165, 1.54) is 6.08 Å². The highest BCUT2D eigenvalue weighted by atomic mass is 35.5. The first-order valence-corrected chi connectivity index (χ1v) is 4.92. The summed E-state index contributed by atoms with van der Waals surface area (Å²) in [5.74, 6) is -0.223. The zero-order chi connectivity index (χ0) is 11.1. The van der Waals surface area contributed by atoms with Gasteiger partial charge in [-0.25, -0.2) is 0 Å². The maximum atomic E-state index is 11.1. The van der Waals surface area contributed by atoms with Crippen molar-refractivity contribution in [2.75, 3.05) is 13.2 Å². The topological polar surface area (TPSA) is 49.3 Å². The van der Waals surface area contributed by atoms with Crippen molar-refractivity contribution in [1.82, 2.24) is 5.32 Å². The summed E-state index contributed by atoms with van der Waals surface area (Å²) >= 11 is 5.71. The van der Waals surface area contributed by atoms with E-state index >= 15 is 0 Å². The van der Waals surface area contributed by atoms with Crippen LogP contribution in [0.1, 0.15) is 5.56 Å². The Labute approximate surface area is 93.4 Å². The number of hydrogen-bond donors (Lipinski definition) is 2. The van der Waals surface area contributed by atoms with Crippen molar-refractivity contribution in [3.63, 3.8) is 0 Å². The second-order valence-electron chi connectivity index (χ2n) is 2.90. The lowest BCUT2D eigenvalue weighted by Crippen LogP contribution is -2.24. The van der Waals surface area contributed by atoms with E-state index in [9.17, 15) is 4.79 Å². The second kappa shape index (κ2) is 6.22. The minimum Gasteiger partial charge on any atom is -0.395 e. The summed E-state index contributed by atoms with van der Waals surface area (Å²) in [4.78, 5) is 11.1. The lowest BCUT2D eigenvalue weighted by molar-refractivity contribution is -0.116. The quantitative estimate of drug-likeness (QED) is 0.763. The molecule has 0 radical (unpaired) electrons. The Morgan fingerprint density at radius 3 is 2.67 bits per heavy atom. The Morgan fingerprint density at radius 1 is 1.40 bits per heavy atom. The van der Waals surface area contributed by atoms with E-state index < -0.39 is 0 Å². The van der Waals surface area contributed by atoms with Crippen LogP contribution in [0.25, 0.3) is 6.08 Å². The van der Waals surface area contributed by atoms with Gasteiger partial charge in [0.25, 0.3) is 0 Å². The van der Waals surface area contributed by atoms with Gasteiger partial charge in [-0.05, 0) is 23.8 Å². The highest BCUT2D eigenvalue weighted by molar-refractivity contribution is 6.30. The van der Waals surface area contributed by atoms with Crippen LogP contribution in [0.3, 0.4) is 0 Å². The maximum Gasteiger partial charge on any atom is 0.244 e. The summed E-state index contributed by atoms with van der Waals surface area (Å²) in [7, 11) is 0. The monoisotopic (exact) mass is 225 g/mol. The SMILES string of the molecule is O=C(/C=C\c1ccc(Cl)cc1)NCCO. The summed E-state index contributed by atoms with van der Waals surface area (Å²) in [5, 5.41) is 11.7. The summed E-state index contributed by atoms with van der Waals surface area (Å²) in [6.07, 6.45) is 3.10. The normalized spacial score (nSPS) is 10.5. The third kappa shape index (κ3) is 4.63. The highest BCUT2D eigenvalue weighted by Gasteiger charge is 1.93. The van der Waals surface area contributed by atoms with Gasteiger partial charge in [-0.15, -0.1) is 0 Å². The number of carbonyl (C=O) groups is 1. The third-order valence-corrected chi connectivity index (χ3v) is 1.96. The Bertz CT molecular complexity index is 346. The van der Waals surface area contributed by atoms with Crippen LogP contribution in [0.5, 0.6) is 0 Å². The summed E-state index contributed by atoms with van der Waals surface area (Å²) in [5.41, 5.74) is 0.901. The Kier molecular flexibility index (Phi) is 4.87. The van der Waals surface area contributed by atoms with Gasteiger partial charge < -0.3 is 10.4 Å². The molecule has 0 aromatic heterocycles.